The first-order valence-electron chi connectivity index (χ1n) is 8.45. The van der Waals surface area contributed by atoms with Crippen LogP contribution in [-0.2, 0) is 5.41 Å². The van der Waals surface area contributed by atoms with Crippen LogP contribution in [0.15, 0.2) is 60.7 Å². The van der Waals surface area contributed by atoms with E-state index < -0.39 is 0 Å². The lowest BCUT2D eigenvalue weighted by Gasteiger charge is -2.40. The first-order chi connectivity index (χ1) is 11.5. The number of phenols is 2. The molecule has 0 fully saturated rings. The summed E-state index contributed by atoms with van der Waals surface area (Å²) in [7, 11) is 0. The van der Waals surface area contributed by atoms with Crippen LogP contribution in [0.1, 0.15) is 35.6 Å². The molecule has 1 aliphatic carbocycles. The third kappa shape index (κ3) is 2.52. The number of allylic oxidation sites excluding steroid dienone is 4. The van der Waals surface area contributed by atoms with Gasteiger partial charge in [0.25, 0.3) is 0 Å². The van der Waals surface area contributed by atoms with Crippen molar-refractivity contribution >= 4 is 0 Å². The van der Waals surface area contributed by atoms with E-state index in [0.29, 0.717) is 17.4 Å². The molecule has 1 unspecified atom stereocenters. The van der Waals surface area contributed by atoms with E-state index >= 15 is 0 Å². The van der Waals surface area contributed by atoms with Gasteiger partial charge < -0.3 is 10.2 Å². The Morgan fingerprint density at radius 3 is 1.88 bits per heavy atom. The predicted molar refractivity (Wildman–Crippen MR) is 98.5 cm³/mol. The van der Waals surface area contributed by atoms with Crippen molar-refractivity contribution < 1.29 is 10.2 Å². The highest BCUT2D eigenvalue weighted by atomic mass is 16.3. The van der Waals surface area contributed by atoms with Crippen molar-refractivity contribution in [3.8, 4) is 11.5 Å². The van der Waals surface area contributed by atoms with Crippen LogP contribution >= 0.6 is 0 Å². The van der Waals surface area contributed by atoms with Crippen LogP contribution in [0.25, 0.3) is 0 Å². The van der Waals surface area contributed by atoms with E-state index in [-0.39, 0.29) is 5.41 Å². The van der Waals surface area contributed by atoms with Gasteiger partial charge in [0.2, 0.25) is 0 Å². The molecular formula is C22H24O2. The molecule has 0 saturated carbocycles. The third-order valence-electron chi connectivity index (χ3n) is 5.19. The van der Waals surface area contributed by atoms with Gasteiger partial charge in [-0.1, -0.05) is 55.5 Å². The summed E-state index contributed by atoms with van der Waals surface area (Å²) >= 11 is 0. The monoisotopic (exact) mass is 320 g/mol. The molecule has 0 radical (unpaired) electrons. The average Bonchev–Trinajstić information content (AvgIpc) is 2.59. The standard InChI is InChI=1S/C22H24O2/c1-4-17-7-5-6-12-22(17,18-8-10-20(23)15(2)13-18)19-9-11-21(24)16(3)14-19/h5-14,17,23-24H,4H2,1-3H3. The zero-order valence-electron chi connectivity index (χ0n) is 14.5. The molecular weight excluding hydrogens is 296 g/mol. The van der Waals surface area contributed by atoms with E-state index in [2.05, 4.69) is 43.4 Å². The molecule has 2 heteroatoms. The van der Waals surface area contributed by atoms with Gasteiger partial charge in [-0.2, -0.15) is 0 Å². The first-order valence-corrected chi connectivity index (χ1v) is 8.45. The SMILES string of the molecule is CCC1C=CC=CC1(c1ccc(O)c(C)c1)c1ccc(O)c(C)c1. The van der Waals surface area contributed by atoms with Crippen molar-refractivity contribution in [2.24, 2.45) is 5.92 Å². The highest BCUT2D eigenvalue weighted by Gasteiger charge is 2.39. The number of phenolic OH excluding ortho intramolecular Hbond substituents is 2. The Kier molecular flexibility index (Phi) is 4.23. The Morgan fingerprint density at radius 1 is 0.875 bits per heavy atom. The minimum Gasteiger partial charge on any atom is -0.508 e. The fourth-order valence-electron chi connectivity index (χ4n) is 3.75. The Balaban J connectivity index is 2.28. The minimum absolute atomic E-state index is 0.291. The quantitative estimate of drug-likeness (QED) is 0.821. The van der Waals surface area contributed by atoms with Crippen molar-refractivity contribution in [1.29, 1.82) is 0 Å². The molecule has 2 nitrogen and oxygen atoms in total. The van der Waals surface area contributed by atoms with Crippen LogP contribution in [-0.4, -0.2) is 10.2 Å². The summed E-state index contributed by atoms with van der Waals surface area (Å²) in [5, 5.41) is 19.9. The van der Waals surface area contributed by atoms with E-state index in [0.717, 1.165) is 28.7 Å². The van der Waals surface area contributed by atoms with E-state index in [4.69, 9.17) is 0 Å². The summed E-state index contributed by atoms with van der Waals surface area (Å²) in [5.41, 5.74) is 3.78. The number of aryl methyl sites for hydroxylation is 2. The first kappa shape index (κ1) is 16.4. The normalized spacial score (nSPS) is 18.7. The Labute approximate surface area is 143 Å². The highest BCUT2D eigenvalue weighted by Crippen LogP contribution is 2.46. The zero-order chi connectivity index (χ0) is 17.3. The lowest BCUT2D eigenvalue weighted by Crippen LogP contribution is -2.35. The predicted octanol–water partition coefficient (Wildman–Crippen LogP) is 5.15. The van der Waals surface area contributed by atoms with Gasteiger partial charge in [0, 0.05) is 5.41 Å². The Bertz CT molecular complexity index is 763. The van der Waals surface area contributed by atoms with Crippen LogP contribution in [0.3, 0.4) is 0 Å². The van der Waals surface area contributed by atoms with Gasteiger partial charge in [-0.15, -0.1) is 0 Å². The largest absolute Gasteiger partial charge is 0.508 e. The fraction of sp³-hybridized carbons (Fsp3) is 0.273. The number of benzene rings is 2. The molecule has 1 aliphatic rings. The van der Waals surface area contributed by atoms with Crippen molar-refractivity contribution in [2.75, 3.05) is 0 Å². The molecule has 0 aromatic heterocycles. The maximum absolute atomic E-state index is 9.94. The number of hydrogen-bond donors (Lipinski definition) is 2. The topological polar surface area (TPSA) is 40.5 Å². The Hall–Kier alpha value is -2.48. The van der Waals surface area contributed by atoms with Crippen molar-refractivity contribution in [1.82, 2.24) is 0 Å². The van der Waals surface area contributed by atoms with E-state index in [1.54, 1.807) is 12.1 Å². The molecule has 0 amide bonds. The molecule has 0 spiro atoms. The van der Waals surface area contributed by atoms with Crippen molar-refractivity contribution in [3.05, 3.63) is 83.0 Å². The second-order valence-corrected chi connectivity index (χ2v) is 6.63. The van der Waals surface area contributed by atoms with E-state index in [9.17, 15) is 10.2 Å². The second kappa shape index (κ2) is 6.20. The summed E-state index contributed by atoms with van der Waals surface area (Å²) in [6.07, 6.45) is 9.70. The van der Waals surface area contributed by atoms with Crippen LogP contribution in [0.5, 0.6) is 11.5 Å². The summed E-state index contributed by atoms with van der Waals surface area (Å²) in [5.74, 6) is 0.953. The van der Waals surface area contributed by atoms with Gasteiger partial charge in [0.1, 0.15) is 11.5 Å². The van der Waals surface area contributed by atoms with Gasteiger partial charge in [-0.3, -0.25) is 0 Å². The minimum atomic E-state index is -0.291. The molecule has 0 saturated heterocycles. The lowest BCUT2D eigenvalue weighted by atomic mass is 9.63. The van der Waals surface area contributed by atoms with Crippen LogP contribution in [0.4, 0.5) is 0 Å². The van der Waals surface area contributed by atoms with Gasteiger partial charge in [0.15, 0.2) is 0 Å². The summed E-state index contributed by atoms with van der Waals surface area (Å²) in [6, 6.07) is 11.7. The summed E-state index contributed by atoms with van der Waals surface area (Å²) < 4.78 is 0. The van der Waals surface area contributed by atoms with Gasteiger partial charge >= 0.3 is 0 Å². The molecule has 2 aromatic carbocycles. The maximum Gasteiger partial charge on any atom is 0.118 e. The number of hydrogen-bond acceptors (Lipinski definition) is 2. The van der Waals surface area contributed by atoms with Crippen LogP contribution in [0, 0.1) is 19.8 Å². The lowest BCUT2D eigenvalue weighted by molar-refractivity contribution is 0.437. The molecule has 2 N–H and O–H groups in total. The third-order valence-corrected chi connectivity index (χ3v) is 5.19. The smallest absolute Gasteiger partial charge is 0.118 e. The van der Waals surface area contributed by atoms with Gasteiger partial charge in [-0.25, -0.2) is 0 Å². The molecule has 1 atom stereocenters. The van der Waals surface area contributed by atoms with E-state index in [1.807, 2.05) is 26.0 Å². The molecule has 2 aromatic rings. The van der Waals surface area contributed by atoms with E-state index in [1.165, 1.54) is 0 Å². The zero-order valence-corrected chi connectivity index (χ0v) is 14.5. The fourth-order valence-corrected chi connectivity index (χ4v) is 3.75. The molecule has 0 aliphatic heterocycles. The van der Waals surface area contributed by atoms with Crippen molar-refractivity contribution in [2.45, 2.75) is 32.6 Å². The average molecular weight is 320 g/mol. The van der Waals surface area contributed by atoms with Crippen LogP contribution < -0.4 is 0 Å². The molecule has 0 heterocycles. The molecule has 3 rings (SSSR count). The number of rotatable bonds is 3. The highest BCUT2D eigenvalue weighted by molar-refractivity contribution is 5.53. The maximum atomic E-state index is 9.94. The Morgan fingerprint density at radius 2 is 1.42 bits per heavy atom. The molecule has 124 valence electrons. The number of aromatic hydroxyl groups is 2. The molecule has 24 heavy (non-hydrogen) atoms. The van der Waals surface area contributed by atoms with Crippen LogP contribution in [0.2, 0.25) is 0 Å². The summed E-state index contributed by atoms with van der Waals surface area (Å²) in [4.78, 5) is 0. The van der Waals surface area contributed by atoms with Crippen molar-refractivity contribution in [3.63, 3.8) is 0 Å². The van der Waals surface area contributed by atoms with Gasteiger partial charge in [-0.05, 0) is 60.6 Å². The molecule has 0 bridgehead atoms. The summed E-state index contributed by atoms with van der Waals surface area (Å²) in [6.45, 7) is 6.05. The van der Waals surface area contributed by atoms with Gasteiger partial charge in [0.05, 0.1) is 0 Å². The second-order valence-electron chi connectivity index (χ2n) is 6.63.